The zero-order valence-corrected chi connectivity index (χ0v) is 41.1. The molecular weight excluding hydrogens is 893 g/mol. The number of hydrogen-bond acceptors (Lipinski definition) is 2. The minimum absolute atomic E-state index is 0.155. The molecular formula is C72H54N2. The summed E-state index contributed by atoms with van der Waals surface area (Å²) in [6, 6.07) is 103. The molecule has 0 bridgehead atoms. The van der Waals surface area contributed by atoms with Crippen LogP contribution in [0, 0.1) is 0 Å². The van der Waals surface area contributed by atoms with E-state index in [1.807, 2.05) is 0 Å². The Bertz CT molecular complexity index is 3500. The molecule has 0 fully saturated rings. The van der Waals surface area contributed by atoms with Crippen LogP contribution in [0.25, 0.3) is 66.8 Å². The van der Waals surface area contributed by atoms with Gasteiger partial charge in [-0.05, 0) is 152 Å². The summed E-state index contributed by atoms with van der Waals surface area (Å²) in [7, 11) is 0. The second kappa shape index (κ2) is 21.1. The van der Waals surface area contributed by atoms with Crippen molar-refractivity contribution in [2.75, 3.05) is 9.80 Å². The lowest BCUT2D eigenvalue weighted by Gasteiger charge is -2.30. The fraction of sp³-hybridized carbons (Fsp3) is 0.0278. The van der Waals surface area contributed by atoms with Crippen molar-refractivity contribution in [2.45, 2.75) is 12.3 Å². The van der Waals surface area contributed by atoms with Gasteiger partial charge in [-0.1, -0.05) is 237 Å². The minimum atomic E-state index is 0.155. The van der Waals surface area contributed by atoms with E-state index in [4.69, 9.17) is 0 Å². The lowest BCUT2D eigenvalue weighted by molar-refractivity contribution is 0.856. The molecule has 1 aliphatic rings. The molecule has 0 heterocycles. The van der Waals surface area contributed by atoms with E-state index in [2.05, 4.69) is 319 Å². The van der Waals surface area contributed by atoms with Crippen molar-refractivity contribution in [2.24, 2.45) is 0 Å². The van der Waals surface area contributed by atoms with Gasteiger partial charge >= 0.3 is 0 Å². The summed E-state index contributed by atoms with van der Waals surface area (Å²) in [4.78, 5) is 4.80. The number of allylic oxidation sites excluding steroid dienone is 4. The SMILES string of the molecule is C1=CCC(c2cc(N(c3ccc(-c4ccccc4)cc3)c3ccc(-c4ccccc4)cc3)cc(-c3ccccc3)c2-c2ccc(N(c3ccc(-c4ccccc4)cc3)c3ccc(-c4ccccc4)cc3)cc2)C=C1. The third-order valence-electron chi connectivity index (χ3n) is 14.2. The Labute approximate surface area is 435 Å². The third-order valence-corrected chi connectivity index (χ3v) is 14.2. The van der Waals surface area contributed by atoms with Crippen LogP contribution in [-0.4, -0.2) is 0 Å². The molecule has 1 aliphatic carbocycles. The van der Waals surface area contributed by atoms with Crippen molar-refractivity contribution in [1.82, 2.24) is 0 Å². The van der Waals surface area contributed by atoms with Crippen LogP contribution in [0.3, 0.4) is 0 Å². The average Bonchev–Trinajstić information content (AvgIpc) is 3.49. The highest BCUT2D eigenvalue weighted by molar-refractivity contribution is 5.93. The Morgan fingerprint density at radius 2 is 0.554 bits per heavy atom. The van der Waals surface area contributed by atoms with Gasteiger partial charge in [0.2, 0.25) is 0 Å². The Kier molecular flexibility index (Phi) is 13.0. The largest absolute Gasteiger partial charge is 0.311 e. The van der Waals surface area contributed by atoms with Crippen LogP contribution < -0.4 is 9.80 Å². The van der Waals surface area contributed by atoms with E-state index in [0.29, 0.717) is 0 Å². The molecule has 1 unspecified atom stereocenters. The molecule has 352 valence electrons. The highest BCUT2D eigenvalue weighted by Crippen LogP contribution is 2.48. The first kappa shape index (κ1) is 45.6. The van der Waals surface area contributed by atoms with Gasteiger partial charge in [-0.15, -0.1) is 0 Å². The predicted molar refractivity (Wildman–Crippen MR) is 314 cm³/mol. The van der Waals surface area contributed by atoms with E-state index in [1.54, 1.807) is 0 Å². The molecule has 0 N–H and O–H groups in total. The van der Waals surface area contributed by atoms with Crippen molar-refractivity contribution in [3.05, 3.63) is 315 Å². The molecule has 74 heavy (non-hydrogen) atoms. The van der Waals surface area contributed by atoms with Crippen LogP contribution in [-0.2, 0) is 0 Å². The van der Waals surface area contributed by atoms with Gasteiger partial charge in [-0.25, -0.2) is 0 Å². The molecule has 11 aromatic carbocycles. The zero-order chi connectivity index (χ0) is 49.5. The van der Waals surface area contributed by atoms with Gasteiger partial charge < -0.3 is 9.80 Å². The molecule has 0 saturated heterocycles. The van der Waals surface area contributed by atoms with Crippen LogP contribution in [0.5, 0.6) is 0 Å². The summed E-state index contributed by atoms with van der Waals surface area (Å²) in [5, 5.41) is 0. The summed E-state index contributed by atoms with van der Waals surface area (Å²) in [5.74, 6) is 0.155. The van der Waals surface area contributed by atoms with Crippen molar-refractivity contribution >= 4 is 34.1 Å². The monoisotopic (exact) mass is 946 g/mol. The van der Waals surface area contributed by atoms with Crippen molar-refractivity contribution in [3.8, 4) is 66.8 Å². The van der Waals surface area contributed by atoms with Crippen LogP contribution >= 0.6 is 0 Å². The standard InChI is InChI=1S/C72H54N2/c1-7-19-53(20-8-1)57-31-41-64(42-32-57)73(65-43-33-58(34-44-65)54-21-9-2-10-22-54)66-49-39-63(40-50-66)72-70(61-27-15-5-16-28-61)51-69(52-71(72)62-29-17-6-18-30-62)74(67-45-35-59(36-46-67)55-23-11-3-12-24-55)68-47-37-60(38-48-68)56-25-13-4-14-26-56/h1-29,31-52,62H,30H2. The minimum Gasteiger partial charge on any atom is -0.311 e. The van der Waals surface area contributed by atoms with Crippen molar-refractivity contribution in [3.63, 3.8) is 0 Å². The van der Waals surface area contributed by atoms with Gasteiger partial charge in [0.05, 0.1) is 0 Å². The van der Waals surface area contributed by atoms with E-state index < -0.39 is 0 Å². The van der Waals surface area contributed by atoms with Crippen LogP contribution in [0.15, 0.2) is 309 Å². The summed E-state index contributed by atoms with van der Waals surface area (Å²) < 4.78 is 0. The van der Waals surface area contributed by atoms with E-state index >= 15 is 0 Å². The number of anilines is 6. The van der Waals surface area contributed by atoms with Crippen LogP contribution in [0.2, 0.25) is 0 Å². The fourth-order valence-electron chi connectivity index (χ4n) is 10.5. The zero-order valence-electron chi connectivity index (χ0n) is 41.1. The van der Waals surface area contributed by atoms with Gasteiger partial charge in [0.1, 0.15) is 0 Å². The second-order valence-corrected chi connectivity index (χ2v) is 18.8. The molecule has 2 heteroatoms. The Balaban J connectivity index is 1.00. The molecule has 12 rings (SSSR count). The third kappa shape index (κ3) is 9.65. The Morgan fingerprint density at radius 3 is 0.878 bits per heavy atom. The molecule has 0 amide bonds. The second-order valence-electron chi connectivity index (χ2n) is 18.8. The Morgan fingerprint density at radius 1 is 0.257 bits per heavy atom. The lowest BCUT2D eigenvalue weighted by Crippen LogP contribution is -2.12. The summed E-state index contributed by atoms with van der Waals surface area (Å²) in [6.07, 6.45) is 9.97. The molecule has 11 aromatic rings. The van der Waals surface area contributed by atoms with E-state index in [9.17, 15) is 0 Å². The van der Waals surface area contributed by atoms with Gasteiger partial charge in [-0.3, -0.25) is 0 Å². The van der Waals surface area contributed by atoms with Gasteiger partial charge in [0.25, 0.3) is 0 Å². The smallest absolute Gasteiger partial charge is 0.0471 e. The van der Waals surface area contributed by atoms with E-state index in [-0.39, 0.29) is 5.92 Å². The van der Waals surface area contributed by atoms with Gasteiger partial charge in [0.15, 0.2) is 0 Å². The maximum Gasteiger partial charge on any atom is 0.0471 e. The molecule has 0 aromatic heterocycles. The molecule has 1 atom stereocenters. The number of benzene rings is 11. The van der Waals surface area contributed by atoms with Crippen molar-refractivity contribution in [1.29, 1.82) is 0 Å². The predicted octanol–water partition coefficient (Wildman–Crippen LogP) is 20.2. The van der Waals surface area contributed by atoms with Gasteiger partial charge in [-0.2, -0.15) is 0 Å². The van der Waals surface area contributed by atoms with E-state index in [0.717, 1.165) is 40.5 Å². The summed E-state index contributed by atoms with van der Waals surface area (Å²) in [6.45, 7) is 0. The topological polar surface area (TPSA) is 6.48 Å². The van der Waals surface area contributed by atoms with Crippen molar-refractivity contribution < 1.29 is 0 Å². The highest BCUT2D eigenvalue weighted by atomic mass is 15.1. The van der Waals surface area contributed by atoms with E-state index in [1.165, 1.54) is 72.3 Å². The quantitative estimate of drug-likeness (QED) is 0.114. The molecule has 0 saturated carbocycles. The molecule has 0 radical (unpaired) electrons. The first-order valence-corrected chi connectivity index (χ1v) is 25.6. The number of hydrogen-bond donors (Lipinski definition) is 0. The maximum absolute atomic E-state index is 2.45. The molecule has 0 aliphatic heterocycles. The Hall–Kier alpha value is -9.50. The highest BCUT2D eigenvalue weighted by Gasteiger charge is 2.24. The van der Waals surface area contributed by atoms with Crippen LogP contribution in [0.4, 0.5) is 34.1 Å². The number of nitrogens with zero attached hydrogens (tertiary/aromatic N) is 2. The first-order valence-electron chi connectivity index (χ1n) is 25.6. The normalized spacial score (nSPS) is 12.8. The maximum atomic E-state index is 2.45. The lowest BCUT2D eigenvalue weighted by atomic mass is 9.82. The first-order chi connectivity index (χ1) is 36.7. The fourth-order valence-corrected chi connectivity index (χ4v) is 10.5. The molecule has 0 spiro atoms. The van der Waals surface area contributed by atoms with Crippen LogP contribution in [0.1, 0.15) is 17.9 Å². The molecule has 2 nitrogen and oxygen atoms in total. The number of rotatable bonds is 13. The van der Waals surface area contributed by atoms with Gasteiger partial charge in [0, 0.05) is 40.0 Å². The summed E-state index contributed by atoms with van der Waals surface area (Å²) >= 11 is 0. The average molecular weight is 947 g/mol. The summed E-state index contributed by atoms with van der Waals surface area (Å²) in [5.41, 5.74) is 22.1.